The first kappa shape index (κ1) is 25.2. The fourth-order valence-electron chi connectivity index (χ4n) is 3.96. The van der Waals surface area contributed by atoms with Crippen molar-refractivity contribution >= 4 is 11.7 Å². The topological polar surface area (TPSA) is 68.3 Å². The van der Waals surface area contributed by atoms with Gasteiger partial charge in [0, 0.05) is 22.5 Å². The molecule has 0 saturated heterocycles. The van der Waals surface area contributed by atoms with Crippen LogP contribution in [0.5, 0.6) is 5.75 Å². The number of nitrogens with zero attached hydrogens (tertiary/aromatic N) is 1. The van der Waals surface area contributed by atoms with Gasteiger partial charge in [0.05, 0.1) is 6.54 Å². The zero-order valence-corrected chi connectivity index (χ0v) is 20.8. The number of hydrogen-bond acceptors (Lipinski definition) is 4. The zero-order valence-electron chi connectivity index (χ0n) is 20.8. The van der Waals surface area contributed by atoms with Crippen molar-refractivity contribution < 1.29 is 14.3 Å². The number of ketones is 1. The van der Waals surface area contributed by atoms with Crippen molar-refractivity contribution in [2.75, 3.05) is 6.54 Å². The number of aromatic nitrogens is 1. The van der Waals surface area contributed by atoms with Gasteiger partial charge in [0.15, 0.2) is 5.78 Å². The molecule has 0 aliphatic rings. The third kappa shape index (κ3) is 6.77. The predicted octanol–water partition coefficient (Wildman–Crippen LogP) is 5.65. The van der Waals surface area contributed by atoms with Crippen LogP contribution in [0.25, 0.3) is 0 Å². The Labute approximate surface area is 202 Å². The minimum atomic E-state index is -0.269. The Bertz CT molecular complexity index is 1150. The number of amides is 1. The second kappa shape index (κ2) is 11.6. The first-order valence-corrected chi connectivity index (χ1v) is 11.9. The summed E-state index contributed by atoms with van der Waals surface area (Å²) in [6, 6.07) is 17.3. The molecule has 0 atom stereocenters. The van der Waals surface area contributed by atoms with E-state index in [4.69, 9.17) is 4.74 Å². The molecule has 2 aromatic carbocycles. The van der Waals surface area contributed by atoms with Crippen LogP contribution < -0.4 is 10.1 Å². The van der Waals surface area contributed by atoms with E-state index in [9.17, 15) is 9.59 Å². The van der Waals surface area contributed by atoms with E-state index < -0.39 is 0 Å². The van der Waals surface area contributed by atoms with Crippen molar-refractivity contribution in [2.24, 2.45) is 5.92 Å². The van der Waals surface area contributed by atoms with Gasteiger partial charge in [0.25, 0.3) is 5.91 Å². The summed E-state index contributed by atoms with van der Waals surface area (Å²) in [4.78, 5) is 30.1. The molecule has 1 aromatic heterocycles. The molecule has 3 rings (SSSR count). The Morgan fingerprint density at radius 3 is 2.41 bits per heavy atom. The molecule has 1 N–H and O–H groups in total. The maximum absolute atomic E-state index is 12.9. The second-order valence-corrected chi connectivity index (χ2v) is 9.10. The van der Waals surface area contributed by atoms with Crippen LogP contribution >= 0.6 is 0 Å². The van der Waals surface area contributed by atoms with Crippen LogP contribution in [-0.2, 0) is 19.4 Å². The van der Waals surface area contributed by atoms with Crippen LogP contribution in [0.4, 0.5) is 0 Å². The normalized spacial score (nSPS) is 10.9. The molecule has 0 radical (unpaired) electrons. The quantitative estimate of drug-likeness (QED) is 0.399. The van der Waals surface area contributed by atoms with E-state index in [1.54, 1.807) is 6.07 Å². The zero-order chi connectivity index (χ0) is 24.7. The standard InChI is InChI=1S/C29H34N2O3/c1-6-23-15-25(13-20(4)28(23)34-18-22-10-8-7-9-11-22)29(33)30-17-27(32)24-14-21(5)31-26(16-24)12-19(2)3/h7-11,13-16,19H,6,12,17-18H2,1-5H3,(H,30,33). The van der Waals surface area contributed by atoms with Crippen molar-refractivity contribution in [1.29, 1.82) is 0 Å². The number of carbonyl (C=O) groups is 2. The summed E-state index contributed by atoms with van der Waals surface area (Å²) >= 11 is 0. The molecule has 0 aliphatic carbocycles. The van der Waals surface area contributed by atoms with Crippen molar-refractivity contribution in [3.8, 4) is 5.75 Å². The van der Waals surface area contributed by atoms with E-state index in [2.05, 4.69) is 24.1 Å². The molecule has 0 saturated carbocycles. The highest BCUT2D eigenvalue weighted by atomic mass is 16.5. The molecule has 5 nitrogen and oxygen atoms in total. The van der Waals surface area contributed by atoms with Crippen molar-refractivity contribution in [1.82, 2.24) is 10.3 Å². The molecule has 0 spiro atoms. The number of pyridine rings is 1. The first-order chi connectivity index (χ1) is 16.3. The fraction of sp³-hybridized carbons (Fsp3) is 0.345. The van der Waals surface area contributed by atoms with Crippen molar-refractivity contribution in [2.45, 2.75) is 54.1 Å². The Morgan fingerprint density at radius 2 is 1.74 bits per heavy atom. The number of aryl methyl sites for hydroxylation is 3. The lowest BCUT2D eigenvalue weighted by molar-refractivity contribution is 0.0904. The number of ether oxygens (including phenoxy) is 1. The Hall–Kier alpha value is -3.47. The molecule has 1 heterocycles. The van der Waals surface area contributed by atoms with E-state index in [0.717, 1.165) is 46.7 Å². The molecule has 1 amide bonds. The minimum Gasteiger partial charge on any atom is -0.488 e. The van der Waals surface area contributed by atoms with E-state index in [0.29, 0.717) is 23.7 Å². The lowest BCUT2D eigenvalue weighted by Gasteiger charge is -2.16. The summed E-state index contributed by atoms with van der Waals surface area (Å²) in [5.74, 6) is 0.865. The second-order valence-electron chi connectivity index (χ2n) is 9.10. The smallest absolute Gasteiger partial charge is 0.251 e. The van der Waals surface area contributed by atoms with Crippen molar-refractivity contribution in [3.63, 3.8) is 0 Å². The monoisotopic (exact) mass is 458 g/mol. The molecule has 0 aliphatic heterocycles. The van der Waals surface area contributed by atoms with Crippen molar-refractivity contribution in [3.05, 3.63) is 93.8 Å². The summed E-state index contributed by atoms with van der Waals surface area (Å²) in [5, 5.41) is 2.78. The summed E-state index contributed by atoms with van der Waals surface area (Å²) in [6.07, 6.45) is 1.55. The van der Waals surface area contributed by atoms with Gasteiger partial charge in [-0.25, -0.2) is 0 Å². The van der Waals surface area contributed by atoms with Gasteiger partial charge < -0.3 is 10.1 Å². The van der Waals surface area contributed by atoms with Gasteiger partial charge in [-0.15, -0.1) is 0 Å². The molecule has 0 unspecified atom stereocenters. The van der Waals surface area contributed by atoms with Gasteiger partial charge in [-0.3, -0.25) is 14.6 Å². The average Bonchev–Trinajstić information content (AvgIpc) is 2.80. The fourth-order valence-corrected chi connectivity index (χ4v) is 3.96. The van der Waals surface area contributed by atoms with E-state index in [1.165, 1.54) is 0 Å². The van der Waals surface area contributed by atoms with Gasteiger partial charge >= 0.3 is 0 Å². The number of Topliss-reactive ketones (excluding diaryl/α,β-unsaturated/α-hetero) is 1. The van der Waals surface area contributed by atoms with Crippen LogP contribution in [0.3, 0.4) is 0 Å². The van der Waals surface area contributed by atoms with Gasteiger partial charge in [-0.2, -0.15) is 0 Å². The lowest BCUT2D eigenvalue weighted by atomic mass is 10.0. The largest absolute Gasteiger partial charge is 0.488 e. The summed E-state index contributed by atoms with van der Waals surface area (Å²) in [7, 11) is 0. The molecule has 5 heteroatoms. The maximum atomic E-state index is 12.9. The SMILES string of the molecule is CCc1cc(C(=O)NCC(=O)c2cc(C)nc(CC(C)C)c2)cc(C)c1OCc1ccccc1. The van der Waals surface area contributed by atoms with Crippen LogP contribution in [0, 0.1) is 19.8 Å². The van der Waals surface area contributed by atoms with Gasteiger partial charge in [0.2, 0.25) is 0 Å². The minimum absolute atomic E-state index is 0.0594. The van der Waals surface area contributed by atoms with Crippen LogP contribution in [0.2, 0.25) is 0 Å². The average molecular weight is 459 g/mol. The predicted molar refractivity (Wildman–Crippen MR) is 136 cm³/mol. The molecular formula is C29H34N2O3. The van der Waals surface area contributed by atoms with E-state index in [1.807, 2.05) is 69.3 Å². The third-order valence-electron chi connectivity index (χ3n) is 5.58. The third-order valence-corrected chi connectivity index (χ3v) is 5.58. The molecule has 34 heavy (non-hydrogen) atoms. The molecule has 178 valence electrons. The summed E-state index contributed by atoms with van der Waals surface area (Å²) in [6.45, 7) is 10.5. The van der Waals surface area contributed by atoms with Gasteiger partial charge in [-0.1, -0.05) is 51.1 Å². The van der Waals surface area contributed by atoms with Gasteiger partial charge in [0.1, 0.15) is 12.4 Å². The molecule has 0 fully saturated rings. The molecular weight excluding hydrogens is 424 g/mol. The van der Waals surface area contributed by atoms with Crippen LogP contribution in [0.1, 0.15) is 69.6 Å². The van der Waals surface area contributed by atoms with Crippen LogP contribution in [-0.4, -0.2) is 23.2 Å². The highest BCUT2D eigenvalue weighted by Gasteiger charge is 2.16. The van der Waals surface area contributed by atoms with E-state index >= 15 is 0 Å². The van der Waals surface area contributed by atoms with Gasteiger partial charge in [-0.05, 0) is 73.6 Å². The Morgan fingerprint density at radius 1 is 1.00 bits per heavy atom. The highest BCUT2D eigenvalue weighted by molar-refractivity contribution is 6.02. The molecule has 0 bridgehead atoms. The number of benzene rings is 2. The maximum Gasteiger partial charge on any atom is 0.251 e. The first-order valence-electron chi connectivity index (χ1n) is 11.9. The number of nitrogens with one attached hydrogen (secondary N) is 1. The summed E-state index contributed by atoms with van der Waals surface area (Å²) in [5.41, 5.74) is 5.78. The Kier molecular flexibility index (Phi) is 8.58. The molecule has 3 aromatic rings. The summed E-state index contributed by atoms with van der Waals surface area (Å²) < 4.78 is 6.09. The Balaban J connectivity index is 1.68. The highest BCUT2D eigenvalue weighted by Crippen LogP contribution is 2.27. The number of hydrogen-bond donors (Lipinski definition) is 1. The van der Waals surface area contributed by atoms with E-state index in [-0.39, 0.29) is 18.2 Å². The number of carbonyl (C=O) groups excluding carboxylic acids is 2. The van der Waals surface area contributed by atoms with Crippen LogP contribution in [0.15, 0.2) is 54.6 Å². The lowest BCUT2D eigenvalue weighted by Crippen LogP contribution is -2.30. The number of rotatable bonds is 10.